The molecule has 0 spiro atoms. The quantitative estimate of drug-likeness (QED) is 0.495. The molecule has 0 amide bonds. The molecule has 5 nitrogen and oxygen atoms in total. The van der Waals surface area contributed by atoms with Crippen LogP contribution in [-0.2, 0) is 0 Å². The Hall–Kier alpha value is -2.76. The minimum absolute atomic E-state index is 0.730. The SMILES string of the molecule is CN1CCN(CCCOc2ccc3cc(/C=C/c4ccc(N(C)C)cc4)oc3c2)CC1. The second-order valence-corrected chi connectivity index (χ2v) is 8.51. The molecule has 4 rings (SSSR count). The fourth-order valence-electron chi connectivity index (χ4n) is 3.82. The monoisotopic (exact) mass is 419 g/mol. The lowest BCUT2D eigenvalue weighted by atomic mass is 10.1. The van der Waals surface area contributed by atoms with Crippen LogP contribution >= 0.6 is 0 Å². The number of ether oxygens (including phenoxy) is 1. The highest BCUT2D eigenvalue weighted by Crippen LogP contribution is 2.26. The zero-order valence-electron chi connectivity index (χ0n) is 18.9. The van der Waals surface area contributed by atoms with Gasteiger partial charge in [0, 0.05) is 64.0 Å². The third-order valence-corrected chi connectivity index (χ3v) is 5.84. The normalized spacial score (nSPS) is 15.7. The van der Waals surface area contributed by atoms with Gasteiger partial charge in [-0.05, 0) is 55.4 Å². The standard InChI is InChI=1S/C26H33N3O2/c1-27(2)23-9-5-21(6-10-23)7-11-25-19-22-8-12-24(20-26(22)31-25)30-18-4-13-29-16-14-28(3)15-17-29/h5-12,19-20H,4,13-18H2,1-3H3/b11-7+. The van der Waals surface area contributed by atoms with E-state index < -0.39 is 0 Å². The molecule has 1 aromatic heterocycles. The van der Waals surface area contributed by atoms with E-state index in [9.17, 15) is 0 Å². The Labute approximate surface area is 185 Å². The Balaban J connectivity index is 1.30. The summed E-state index contributed by atoms with van der Waals surface area (Å²) in [7, 11) is 6.28. The van der Waals surface area contributed by atoms with Gasteiger partial charge in [0.15, 0.2) is 0 Å². The number of nitrogens with zero attached hydrogens (tertiary/aromatic N) is 3. The van der Waals surface area contributed by atoms with Crippen LogP contribution in [0.2, 0.25) is 0 Å². The summed E-state index contributed by atoms with van der Waals surface area (Å²) >= 11 is 0. The number of likely N-dealkylation sites (N-methyl/N-ethyl adjacent to an activating group) is 1. The number of piperazine rings is 1. The first-order chi connectivity index (χ1) is 15.1. The second kappa shape index (κ2) is 10.0. The highest BCUT2D eigenvalue weighted by Gasteiger charge is 2.13. The number of benzene rings is 2. The van der Waals surface area contributed by atoms with Crippen molar-refractivity contribution in [3.8, 4) is 5.75 Å². The van der Waals surface area contributed by atoms with Crippen LogP contribution in [0.15, 0.2) is 52.9 Å². The maximum absolute atomic E-state index is 6.02. The first-order valence-electron chi connectivity index (χ1n) is 11.1. The van der Waals surface area contributed by atoms with E-state index in [1.165, 1.54) is 5.69 Å². The molecule has 0 radical (unpaired) electrons. The molecule has 0 bridgehead atoms. The van der Waals surface area contributed by atoms with Crippen molar-refractivity contribution in [2.24, 2.45) is 0 Å². The minimum atomic E-state index is 0.730. The summed E-state index contributed by atoms with van der Waals surface area (Å²) in [5.74, 6) is 1.72. The number of hydrogen-bond donors (Lipinski definition) is 0. The Morgan fingerprint density at radius 2 is 1.74 bits per heavy atom. The van der Waals surface area contributed by atoms with Gasteiger partial charge < -0.3 is 23.9 Å². The zero-order chi connectivity index (χ0) is 21.6. The van der Waals surface area contributed by atoms with Crippen LogP contribution in [0.5, 0.6) is 5.75 Å². The van der Waals surface area contributed by atoms with E-state index in [0.717, 1.165) is 73.8 Å². The molecule has 1 aliphatic rings. The lowest BCUT2D eigenvalue weighted by Gasteiger charge is -2.32. The Morgan fingerprint density at radius 1 is 0.968 bits per heavy atom. The van der Waals surface area contributed by atoms with Gasteiger partial charge in [0.05, 0.1) is 6.61 Å². The number of anilines is 1. The molecule has 1 aliphatic heterocycles. The Kier molecular flexibility index (Phi) is 6.95. The van der Waals surface area contributed by atoms with Crippen molar-refractivity contribution in [1.82, 2.24) is 9.80 Å². The van der Waals surface area contributed by atoms with E-state index in [2.05, 4.69) is 64.2 Å². The molecule has 0 aliphatic carbocycles. The van der Waals surface area contributed by atoms with E-state index >= 15 is 0 Å². The molecule has 0 unspecified atom stereocenters. The number of furan rings is 1. The Morgan fingerprint density at radius 3 is 2.48 bits per heavy atom. The predicted octanol–water partition coefficient (Wildman–Crippen LogP) is 4.69. The van der Waals surface area contributed by atoms with Gasteiger partial charge in [0.2, 0.25) is 0 Å². The van der Waals surface area contributed by atoms with Gasteiger partial charge in [-0.1, -0.05) is 18.2 Å². The molecule has 31 heavy (non-hydrogen) atoms. The first kappa shape index (κ1) is 21.5. The maximum Gasteiger partial charge on any atom is 0.138 e. The third kappa shape index (κ3) is 5.90. The minimum Gasteiger partial charge on any atom is -0.493 e. The van der Waals surface area contributed by atoms with E-state index in [-0.39, 0.29) is 0 Å². The van der Waals surface area contributed by atoms with Crippen molar-refractivity contribution in [3.63, 3.8) is 0 Å². The molecule has 5 heteroatoms. The van der Waals surface area contributed by atoms with Gasteiger partial charge in [-0.15, -0.1) is 0 Å². The number of hydrogen-bond acceptors (Lipinski definition) is 5. The summed E-state index contributed by atoms with van der Waals surface area (Å²) in [5.41, 5.74) is 3.20. The smallest absolute Gasteiger partial charge is 0.138 e. The first-order valence-corrected chi connectivity index (χ1v) is 11.1. The summed E-state index contributed by atoms with van der Waals surface area (Å²) in [4.78, 5) is 7.00. The van der Waals surface area contributed by atoms with E-state index in [0.29, 0.717) is 0 Å². The summed E-state index contributed by atoms with van der Waals surface area (Å²) in [5, 5.41) is 1.09. The maximum atomic E-state index is 6.02. The van der Waals surface area contributed by atoms with E-state index in [1.807, 2.05) is 32.3 Å². The van der Waals surface area contributed by atoms with Gasteiger partial charge >= 0.3 is 0 Å². The molecule has 1 saturated heterocycles. The molecule has 3 aromatic rings. The largest absolute Gasteiger partial charge is 0.493 e. The molecule has 164 valence electrons. The lowest BCUT2D eigenvalue weighted by Crippen LogP contribution is -2.44. The molecule has 0 saturated carbocycles. The van der Waals surface area contributed by atoms with Crippen LogP contribution in [0.1, 0.15) is 17.7 Å². The van der Waals surface area contributed by atoms with Gasteiger partial charge in [-0.3, -0.25) is 0 Å². The van der Waals surface area contributed by atoms with Crippen molar-refractivity contribution < 1.29 is 9.15 Å². The van der Waals surface area contributed by atoms with Crippen molar-refractivity contribution in [3.05, 3.63) is 59.9 Å². The summed E-state index contributed by atoms with van der Waals surface area (Å²) in [6.07, 6.45) is 5.13. The van der Waals surface area contributed by atoms with Crippen LogP contribution in [0.4, 0.5) is 5.69 Å². The van der Waals surface area contributed by atoms with E-state index in [4.69, 9.17) is 9.15 Å². The van der Waals surface area contributed by atoms with Gasteiger partial charge in [0.1, 0.15) is 17.1 Å². The zero-order valence-corrected chi connectivity index (χ0v) is 18.9. The van der Waals surface area contributed by atoms with Crippen LogP contribution in [0.25, 0.3) is 23.1 Å². The van der Waals surface area contributed by atoms with Crippen LogP contribution < -0.4 is 9.64 Å². The average molecular weight is 420 g/mol. The van der Waals surface area contributed by atoms with Gasteiger partial charge in [0.25, 0.3) is 0 Å². The van der Waals surface area contributed by atoms with Crippen LogP contribution in [-0.4, -0.2) is 70.3 Å². The molecule has 0 atom stereocenters. The molecular weight excluding hydrogens is 386 g/mol. The summed E-state index contributed by atoms with van der Waals surface area (Å²) in [6.45, 7) is 6.47. The average Bonchev–Trinajstić information content (AvgIpc) is 3.19. The topological polar surface area (TPSA) is 32.1 Å². The molecule has 0 N–H and O–H groups in total. The molecule has 2 heterocycles. The summed E-state index contributed by atoms with van der Waals surface area (Å²) < 4.78 is 12.0. The molecular formula is C26H33N3O2. The fraction of sp³-hybridized carbons (Fsp3) is 0.385. The highest BCUT2D eigenvalue weighted by molar-refractivity contribution is 5.83. The van der Waals surface area contributed by atoms with E-state index in [1.54, 1.807) is 0 Å². The van der Waals surface area contributed by atoms with Crippen molar-refractivity contribution in [2.45, 2.75) is 6.42 Å². The van der Waals surface area contributed by atoms with Gasteiger partial charge in [-0.2, -0.15) is 0 Å². The second-order valence-electron chi connectivity index (χ2n) is 8.51. The summed E-state index contributed by atoms with van der Waals surface area (Å²) in [6, 6.07) is 16.6. The van der Waals surface area contributed by atoms with Crippen molar-refractivity contribution in [2.75, 3.05) is 65.4 Å². The van der Waals surface area contributed by atoms with Crippen molar-refractivity contribution in [1.29, 1.82) is 0 Å². The predicted molar refractivity (Wildman–Crippen MR) is 130 cm³/mol. The van der Waals surface area contributed by atoms with Crippen molar-refractivity contribution >= 4 is 28.8 Å². The third-order valence-electron chi connectivity index (χ3n) is 5.84. The highest BCUT2D eigenvalue weighted by atomic mass is 16.5. The Bertz CT molecular complexity index is 999. The van der Waals surface area contributed by atoms with Crippen LogP contribution in [0.3, 0.4) is 0 Å². The van der Waals surface area contributed by atoms with Crippen LogP contribution in [0, 0.1) is 0 Å². The fourth-order valence-corrected chi connectivity index (χ4v) is 3.82. The molecule has 2 aromatic carbocycles. The number of fused-ring (bicyclic) bond motifs is 1. The van der Waals surface area contributed by atoms with Gasteiger partial charge in [-0.25, -0.2) is 0 Å². The number of rotatable bonds is 8. The lowest BCUT2D eigenvalue weighted by molar-refractivity contribution is 0.145. The molecule has 1 fully saturated rings.